The third kappa shape index (κ3) is 4.64. The molecule has 4 aliphatic rings. The Morgan fingerprint density at radius 2 is 1.66 bits per heavy atom. The lowest BCUT2D eigenvalue weighted by Crippen LogP contribution is -2.52. The van der Waals surface area contributed by atoms with Crippen LogP contribution in [0.25, 0.3) is 0 Å². The van der Waals surface area contributed by atoms with Gasteiger partial charge in [0.15, 0.2) is 0 Å². The van der Waals surface area contributed by atoms with Crippen LogP contribution in [0.3, 0.4) is 0 Å². The molecule has 1 aromatic carbocycles. The van der Waals surface area contributed by atoms with Crippen molar-refractivity contribution in [2.75, 3.05) is 31.1 Å². The topological polar surface area (TPSA) is 81.8 Å². The van der Waals surface area contributed by atoms with Gasteiger partial charge in [-0.1, -0.05) is 0 Å². The Morgan fingerprint density at radius 3 is 2.38 bits per heavy atom. The number of halogens is 1. The summed E-state index contributed by atoms with van der Waals surface area (Å²) in [6.07, 6.45) is 7.18. The molecular weight excluding hydrogens is 428 g/mol. The van der Waals surface area contributed by atoms with Gasteiger partial charge >= 0.3 is 0 Å². The molecule has 0 aliphatic carbocycles. The summed E-state index contributed by atoms with van der Waals surface area (Å²) in [7, 11) is 0. The number of hydrogen-bond donors (Lipinski definition) is 2. The van der Waals surface area contributed by atoms with Gasteiger partial charge in [-0.05, 0) is 87.2 Å². The number of amides is 3. The fourth-order valence-corrected chi connectivity index (χ4v) is 5.77. The number of hydrogen-bond acceptors (Lipinski definition) is 5. The van der Waals surface area contributed by atoms with Gasteiger partial charge in [-0.3, -0.25) is 19.7 Å². The first-order valence-electron chi connectivity index (χ1n) is 11.8. The van der Waals surface area contributed by atoms with Crippen molar-refractivity contribution in [3.63, 3.8) is 0 Å². The van der Waals surface area contributed by atoms with Crippen molar-refractivity contribution in [2.24, 2.45) is 11.8 Å². The Morgan fingerprint density at radius 1 is 0.938 bits per heavy atom. The van der Waals surface area contributed by atoms with Crippen LogP contribution in [0, 0.1) is 11.8 Å². The molecule has 0 saturated carbocycles. The van der Waals surface area contributed by atoms with Crippen LogP contribution in [-0.4, -0.2) is 54.8 Å². The summed E-state index contributed by atoms with van der Waals surface area (Å²) in [6, 6.07) is 5.55. The quantitative estimate of drug-likeness (QED) is 0.674. The van der Waals surface area contributed by atoms with Crippen LogP contribution in [0.4, 0.5) is 5.69 Å². The van der Waals surface area contributed by atoms with Gasteiger partial charge in [-0.25, -0.2) is 0 Å². The number of benzene rings is 1. The number of nitrogens with zero attached hydrogens (tertiary/aromatic N) is 2. The van der Waals surface area contributed by atoms with Gasteiger partial charge in [0.05, 0.1) is 0 Å². The van der Waals surface area contributed by atoms with E-state index in [0.29, 0.717) is 18.5 Å². The minimum atomic E-state index is -0.549. The number of carbonyl (C=O) groups excluding carboxylic acids is 3. The third-order valence-electron chi connectivity index (χ3n) is 7.61. The Labute approximate surface area is 195 Å². The number of anilines is 1. The second kappa shape index (κ2) is 9.79. The maximum atomic E-state index is 12.9. The summed E-state index contributed by atoms with van der Waals surface area (Å²) >= 11 is 0. The molecule has 8 heteroatoms. The molecule has 0 bridgehead atoms. The number of rotatable bonds is 4. The monoisotopic (exact) mass is 460 g/mol. The molecule has 3 saturated heterocycles. The molecule has 5 rings (SSSR count). The molecule has 1 atom stereocenters. The standard InChI is InChI=1S/C24H32N4O3.ClH/c29-22-4-3-21(23(30)26-22)28-15-18-14-19(1-2-20(18)24(28)31)27-11-7-17(8-12-27)13-16-5-9-25-10-6-16;/h1-2,14,16-17,21,25H,3-13,15H2,(H,26,29,30);1H. The largest absolute Gasteiger partial charge is 0.372 e. The molecular formula is C24H33ClN4O3. The van der Waals surface area contributed by atoms with Crippen LogP contribution in [0.2, 0.25) is 0 Å². The van der Waals surface area contributed by atoms with E-state index in [9.17, 15) is 14.4 Å². The summed E-state index contributed by atoms with van der Waals surface area (Å²) in [5, 5.41) is 5.83. The SMILES string of the molecule is Cl.O=C1CCC(N2Cc3cc(N4CCC(CC5CCNCC5)CC4)ccc3C2=O)C(=O)N1. The maximum Gasteiger partial charge on any atom is 0.255 e. The highest BCUT2D eigenvalue weighted by Gasteiger charge is 2.39. The average molecular weight is 461 g/mol. The van der Waals surface area contributed by atoms with E-state index in [4.69, 9.17) is 0 Å². The van der Waals surface area contributed by atoms with Crippen molar-refractivity contribution >= 4 is 35.8 Å². The van der Waals surface area contributed by atoms with Crippen LogP contribution < -0.4 is 15.5 Å². The van der Waals surface area contributed by atoms with Crippen molar-refractivity contribution in [3.8, 4) is 0 Å². The molecule has 7 nitrogen and oxygen atoms in total. The highest BCUT2D eigenvalue weighted by Crippen LogP contribution is 2.34. The zero-order valence-corrected chi connectivity index (χ0v) is 19.3. The molecule has 3 fully saturated rings. The predicted octanol–water partition coefficient (Wildman–Crippen LogP) is 2.48. The first-order chi connectivity index (χ1) is 15.1. The lowest BCUT2D eigenvalue weighted by Gasteiger charge is -2.36. The summed E-state index contributed by atoms with van der Waals surface area (Å²) in [5.41, 5.74) is 2.86. The summed E-state index contributed by atoms with van der Waals surface area (Å²) in [4.78, 5) is 40.6. The molecule has 4 aliphatic heterocycles. The first kappa shape index (κ1) is 23.1. The molecule has 0 aromatic heterocycles. The van der Waals surface area contributed by atoms with Crippen molar-refractivity contribution in [1.29, 1.82) is 0 Å². The van der Waals surface area contributed by atoms with E-state index < -0.39 is 6.04 Å². The maximum absolute atomic E-state index is 12.9. The van der Waals surface area contributed by atoms with E-state index in [1.165, 1.54) is 50.9 Å². The Balaban J connectivity index is 0.00000245. The number of piperidine rings is 3. The number of imide groups is 1. The second-order valence-electron chi connectivity index (χ2n) is 9.60. The molecule has 0 radical (unpaired) electrons. The molecule has 32 heavy (non-hydrogen) atoms. The molecule has 1 aromatic rings. The summed E-state index contributed by atoms with van der Waals surface area (Å²) in [5.74, 6) is 1.02. The smallest absolute Gasteiger partial charge is 0.255 e. The summed E-state index contributed by atoms with van der Waals surface area (Å²) in [6.45, 7) is 4.93. The predicted molar refractivity (Wildman–Crippen MR) is 125 cm³/mol. The van der Waals surface area contributed by atoms with E-state index in [1.807, 2.05) is 6.07 Å². The third-order valence-corrected chi connectivity index (χ3v) is 7.61. The minimum absolute atomic E-state index is 0. The van der Waals surface area contributed by atoms with E-state index in [2.05, 4.69) is 27.7 Å². The lowest BCUT2D eigenvalue weighted by atomic mass is 9.83. The normalized spacial score (nSPS) is 24.9. The Kier molecular flexibility index (Phi) is 7.05. The van der Waals surface area contributed by atoms with Crippen molar-refractivity contribution in [1.82, 2.24) is 15.5 Å². The molecule has 0 spiro atoms. The molecule has 174 valence electrons. The zero-order valence-electron chi connectivity index (χ0n) is 18.5. The molecule has 2 N–H and O–H groups in total. The molecule has 4 heterocycles. The van der Waals surface area contributed by atoms with Crippen LogP contribution >= 0.6 is 12.4 Å². The summed E-state index contributed by atoms with van der Waals surface area (Å²) < 4.78 is 0. The molecule has 3 amide bonds. The van der Waals surface area contributed by atoms with Crippen molar-refractivity contribution in [2.45, 2.75) is 57.5 Å². The fourth-order valence-electron chi connectivity index (χ4n) is 5.77. The van der Waals surface area contributed by atoms with Crippen LogP contribution in [0.15, 0.2) is 18.2 Å². The van der Waals surface area contributed by atoms with Crippen molar-refractivity contribution < 1.29 is 14.4 Å². The van der Waals surface area contributed by atoms with Gasteiger partial charge in [0.1, 0.15) is 6.04 Å². The van der Waals surface area contributed by atoms with Gasteiger partial charge in [0.2, 0.25) is 11.8 Å². The van der Waals surface area contributed by atoms with E-state index in [1.54, 1.807) is 4.90 Å². The van der Waals surface area contributed by atoms with Crippen LogP contribution in [0.1, 0.15) is 60.9 Å². The van der Waals surface area contributed by atoms with Crippen molar-refractivity contribution in [3.05, 3.63) is 29.3 Å². The van der Waals surface area contributed by atoms with Gasteiger partial charge in [-0.15, -0.1) is 12.4 Å². The number of carbonyl (C=O) groups is 3. The van der Waals surface area contributed by atoms with Gasteiger partial charge < -0.3 is 15.1 Å². The second-order valence-corrected chi connectivity index (χ2v) is 9.60. The first-order valence-corrected chi connectivity index (χ1v) is 11.8. The Bertz CT molecular complexity index is 878. The number of fused-ring (bicyclic) bond motifs is 1. The lowest BCUT2D eigenvalue weighted by molar-refractivity contribution is -0.136. The highest BCUT2D eigenvalue weighted by molar-refractivity contribution is 6.05. The fraction of sp³-hybridized carbons (Fsp3) is 0.625. The zero-order chi connectivity index (χ0) is 21.4. The van der Waals surface area contributed by atoms with Gasteiger partial charge in [0.25, 0.3) is 5.91 Å². The number of nitrogens with one attached hydrogen (secondary N) is 2. The average Bonchev–Trinajstić information content (AvgIpc) is 3.10. The van der Waals surface area contributed by atoms with E-state index in [0.717, 1.165) is 30.5 Å². The molecule has 1 unspecified atom stereocenters. The van der Waals surface area contributed by atoms with Gasteiger partial charge in [-0.2, -0.15) is 0 Å². The van der Waals surface area contributed by atoms with Crippen LogP contribution in [0.5, 0.6) is 0 Å². The van der Waals surface area contributed by atoms with Gasteiger partial charge in [0, 0.05) is 37.3 Å². The minimum Gasteiger partial charge on any atom is -0.372 e. The van der Waals surface area contributed by atoms with Crippen LogP contribution in [-0.2, 0) is 16.1 Å². The Hall–Kier alpha value is -2.12. The van der Waals surface area contributed by atoms with E-state index in [-0.39, 0.29) is 36.5 Å². The van der Waals surface area contributed by atoms with E-state index >= 15 is 0 Å². The highest BCUT2D eigenvalue weighted by atomic mass is 35.5.